The Labute approximate surface area is 85.0 Å². The summed E-state index contributed by atoms with van der Waals surface area (Å²) in [6.07, 6.45) is 0. The van der Waals surface area contributed by atoms with Crippen molar-refractivity contribution in [2.45, 2.75) is 18.6 Å². The number of carboxylic acid groups (broad SMARTS) is 1. The number of rotatable bonds is 5. The van der Waals surface area contributed by atoms with E-state index in [-0.39, 0.29) is 6.54 Å². The van der Waals surface area contributed by atoms with Crippen LogP contribution in [0.25, 0.3) is 0 Å². The zero-order valence-corrected chi connectivity index (χ0v) is 8.49. The van der Waals surface area contributed by atoms with Gasteiger partial charge in [0.05, 0.1) is 0 Å². The van der Waals surface area contributed by atoms with Gasteiger partial charge in [-0.2, -0.15) is 0 Å². The summed E-state index contributed by atoms with van der Waals surface area (Å²) in [5.41, 5.74) is 0.986. The molecule has 7 heteroatoms. The molecule has 1 rings (SSSR count). The fourth-order valence-corrected chi connectivity index (χ4v) is 1.43. The van der Waals surface area contributed by atoms with Gasteiger partial charge in [-0.25, -0.2) is 4.68 Å². The number of nitrogens with zero attached hydrogens (tertiary/aromatic N) is 4. The first-order valence-corrected chi connectivity index (χ1v) is 4.83. The number of thioether (sulfide) groups is 1. The molecule has 1 aromatic heterocycles. The Morgan fingerprint density at radius 1 is 1.71 bits per heavy atom. The molecular formula is C7H10N4O2S. The van der Waals surface area contributed by atoms with Crippen molar-refractivity contribution >= 4 is 17.7 Å². The molecule has 14 heavy (non-hydrogen) atoms. The molecule has 1 heterocycles. The molecule has 0 fully saturated rings. The highest BCUT2D eigenvalue weighted by molar-refractivity contribution is 7.99. The van der Waals surface area contributed by atoms with Crippen LogP contribution in [0.5, 0.6) is 0 Å². The Hall–Kier alpha value is -1.37. The monoisotopic (exact) mass is 214 g/mol. The van der Waals surface area contributed by atoms with Gasteiger partial charge in [0.25, 0.3) is 0 Å². The third-order valence-electron chi connectivity index (χ3n) is 1.23. The Morgan fingerprint density at radius 2 is 2.43 bits per heavy atom. The quantitative estimate of drug-likeness (QED) is 0.565. The maximum atomic E-state index is 10.4. The van der Waals surface area contributed by atoms with Gasteiger partial charge in [0.15, 0.2) is 0 Å². The van der Waals surface area contributed by atoms with Crippen LogP contribution >= 0.6 is 11.8 Å². The lowest BCUT2D eigenvalue weighted by Crippen LogP contribution is -2.11. The van der Waals surface area contributed by atoms with Crippen LogP contribution in [-0.4, -0.2) is 37.0 Å². The average molecular weight is 214 g/mol. The van der Waals surface area contributed by atoms with Gasteiger partial charge in [-0.3, -0.25) is 4.79 Å². The molecule has 6 nitrogen and oxygen atoms in total. The maximum Gasteiger partial charge on any atom is 0.325 e. The highest BCUT2D eigenvalue weighted by Crippen LogP contribution is 2.15. The zero-order chi connectivity index (χ0) is 10.6. The minimum Gasteiger partial charge on any atom is -0.480 e. The van der Waals surface area contributed by atoms with Crippen LogP contribution in [0, 0.1) is 0 Å². The van der Waals surface area contributed by atoms with Gasteiger partial charge in [0.1, 0.15) is 6.54 Å². The third kappa shape index (κ3) is 3.17. The summed E-state index contributed by atoms with van der Waals surface area (Å²) in [5, 5.41) is 19.7. The highest BCUT2D eigenvalue weighted by Gasteiger charge is 2.09. The molecule has 0 aromatic carbocycles. The summed E-state index contributed by atoms with van der Waals surface area (Å²) in [6.45, 7) is 5.40. The van der Waals surface area contributed by atoms with Gasteiger partial charge in [-0.05, 0) is 17.4 Å². The van der Waals surface area contributed by atoms with Crippen LogP contribution in [0.2, 0.25) is 0 Å². The first kappa shape index (κ1) is 10.7. The Balaban J connectivity index is 2.62. The van der Waals surface area contributed by atoms with E-state index in [9.17, 15) is 4.79 Å². The topological polar surface area (TPSA) is 80.9 Å². The molecule has 0 saturated heterocycles. The number of carbonyl (C=O) groups is 1. The van der Waals surface area contributed by atoms with Crippen molar-refractivity contribution in [2.75, 3.05) is 5.75 Å². The minimum atomic E-state index is -0.963. The third-order valence-corrected chi connectivity index (χ3v) is 2.42. The molecule has 1 aromatic rings. The van der Waals surface area contributed by atoms with E-state index in [2.05, 4.69) is 22.1 Å². The van der Waals surface area contributed by atoms with E-state index in [0.717, 1.165) is 5.57 Å². The zero-order valence-electron chi connectivity index (χ0n) is 7.67. The Morgan fingerprint density at radius 3 is 3.00 bits per heavy atom. The van der Waals surface area contributed by atoms with Crippen LogP contribution in [0.3, 0.4) is 0 Å². The number of hydrogen-bond donors (Lipinski definition) is 1. The van der Waals surface area contributed by atoms with Gasteiger partial charge in [0.2, 0.25) is 5.16 Å². The molecule has 1 N–H and O–H groups in total. The normalized spacial score (nSPS) is 10.1. The average Bonchev–Trinajstić information content (AvgIpc) is 2.47. The molecule has 0 saturated carbocycles. The Kier molecular flexibility index (Phi) is 3.63. The van der Waals surface area contributed by atoms with Crippen molar-refractivity contribution in [3.8, 4) is 0 Å². The second-order valence-electron chi connectivity index (χ2n) is 2.76. The molecule has 0 aliphatic heterocycles. The van der Waals surface area contributed by atoms with E-state index in [1.807, 2.05) is 6.92 Å². The molecule has 0 aliphatic rings. The van der Waals surface area contributed by atoms with Gasteiger partial charge < -0.3 is 5.11 Å². The van der Waals surface area contributed by atoms with E-state index in [1.54, 1.807) is 0 Å². The predicted molar refractivity (Wildman–Crippen MR) is 51.0 cm³/mol. The van der Waals surface area contributed by atoms with Gasteiger partial charge in [-0.15, -0.1) is 5.10 Å². The second kappa shape index (κ2) is 4.75. The van der Waals surface area contributed by atoms with E-state index >= 15 is 0 Å². The smallest absolute Gasteiger partial charge is 0.325 e. The van der Waals surface area contributed by atoms with Crippen molar-refractivity contribution in [3.05, 3.63) is 12.2 Å². The molecule has 0 aliphatic carbocycles. The predicted octanol–water partition coefficient (Wildman–Crippen LogP) is 0.426. The fourth-order valence-electron chi connectivity index (χ4n) is 0.715. The van der Waals surface area contributed by atoms with E-state index in [1.165, 1.54) is 16.4 Å². The van der Waals surface area contributed by atoms with Crippen molar-refractivity contribution in [2.24, 2.45) is 0 Å². The maximum absolute atomic E-state index is 10.4. The van der Waals surface area contributed by atoms with Crippen molar-refractivity contribution in [1.29, 1.82) is 0 Å². The number of aliphatic carboxylic acids is 1. The summed E-state index contributed by atoms with van der Waals surface area (Å²) >= 11 is 1.37. The van der Waals surface area contributed by atoms with E-state index in [0.29, 0.717) is 10.9 Å². The summed E-state index contributed by atoms with van der Waals surface area (Å²) < 4.78 is 1.25. The number of hydrogen-bond acceptors (Lipinski definition) is 5. The molecule has 0 radical (unpaired) electrons. The van der Waals surface area contributed by atoms with Crippen LogP contribution < -0.4 is 0 Å². The van der Waals surface area contributed by atoms with Crippen LogP contribution in [0.4, 0.5) is 0 Å². The number of tetrazole rings is 1. The number of aromatic nitrogens is 4. The van der Waals surface area contributed by atoms with Crippen LogP contribution in [0.15, 0.2) is 17.3 Å². The summed E-state index contributed by atoms with van der Waals surface area (Å²) in [5.74, 6) is -0.283. The molecule has 0 amide bonds. The van der Waals surface area contributed by atoms with Crippen molar-refractivity contribution in [1.82, 2.24) is 20.2 Å². The van der Waals surface area contributed by atoms with E-state index < -0.39 is 5.97 Å². The first-order chi connectivity index (χ1) is 6.59. The molecule has 76 valence electrons. The molecule has 0 atom stereocenters. The van der Waals surface area contributed by atoms with Crippen molar-refractivity contribution in [3.63, 3.8) is 0 Å². The van der Waals surface area contributed by atoms with Crippen LogP contribution in [0.1, 0.15) is 6.92 Å². The molecule has 0 unspecified atom stereocenters. The lowest BCUT2D eigenvalue weighted by Gasteiger charge is -2.00. The largest absolute Gasteiger partial charge is 0.480 e. The minimum absolute atomic E-state index is 0.217. The number of carboxylic acids is 1. The van der Waals surface area contributed by atoms with Gasteiger partial charge in [-0.1, -0.05) is 23.9 Å². The first-order valence-electron chi connectivity index (χ1n) is 3.84. The highest BCUT2D eigenvalue weighted by atomic mass is 32.2. The fraction of sp³-hybridized carbons (Fsp3) is 0.429. The second-order valence-corrected chi connectivity index (χ2v) is 3.70. The summed E-state index contributed by atoms with van der Waals surface area (Å²) in [7, 11) is 0. The van der Waals surface area contributed by atoms with Crippen molar-refractivity contribution < 1.29 is 9.90 Å². The standard InChI is InChI=1S/C7H10N4O2S/c1-5(2)4-14-7-8-9-10-11(7)3-6(12)13/h1,3-4H2,2H3,(H,12,13). The summed E-state index contributed by atoms with van der Waals surface area (Å²) in [4.78, 5) is 10.4. The lowest BCUT2D eigenvalue weighted by atomic mass is 10.4. The molecule has 0 bridgehead atoms. The molecule has 0 spiro atoms. The SMILES string of the molecule is C=C(C)CSc1nnnn1CC(=O)O. The van der Waals surface area contributed by atoms with Gasteiger partial charge in [0, 0.05) is 5.75 Å². The molecular weight excluding hydrogens is 204 g/mol. The van der Waals surface area contributed by atoms with Gasteiger partial charge >= 0.3 is 5.97 Å². The lowest BCUT2D eigenvalue weighted by molar-refractivity contribution is -0.138. The Bertz CT molecular complexity index is 349. The summed E-state index contributed by atoms with van der Waals surface area (Å²) in [6, 6.07) is 0. The van der Waals surface area contributed by atoms with Crippen LogP contribution in [-0.2, 0) is 11.3 Å². The van der Waals surface area contributed by atoms with E-state index in [4.69, 9.17) is 5.11 Å².